The Morgan fingerprint density at radius 3 is 1.85 bits per heavy atom. The Labute approximate surface area is 240 Å². The average Bonchev–Trinajstić information content (AvgIpc) is 3.02. The first-order valence-corrected chi connectivity index (χ1v) is 17.3. The van der Waals surface area contributed by atoms with Gasteiger partial charge in [-0.25, -0.2) is 0 Å². The highest BCUT2D eigenvalue weighted by Crippen LogP contribution is 2.63. The molecule has 1 atom stereocenters. The van der Waals surface area contributed by atoms with Gasteiger partial charge in [-0.2, -0.15) is 0 Å². The second kappa shape index (κ2) is 13.6. The quantitative estimate of drug-likeness (QED) is 0.279. The Kier molecular flexibility index (Phi) is 10.2. The number of rotatable bonds is 10. The summed E-state index contributed by atoms with van der Waals surface area (Å²) in [5.74, 6) is 4.32. The summed E-state index contributed by atoms with van der Waals surface area (Å²) in [5.41, 5.74) is 2.53. The van der Waals surface area contributed by atoms with Gasteiger partial charge >= 0.3 is 0 Å². The third-order valence-corrected chi connectivity index (χ3v) is 13.0. The van der Waals surface area contributed by atoms with Crippen LogP contribution in [0.15, 0.2) is 30.3 Å². The van der Waals surface area contributed by atoms with E-state index < -0.39 is 0 Å². The van der Waals surface area contributed by atoms with Gasteiger partial charge in [0, 0.05) is 0 Å². The van der Waals surface area contributed by atoms with E-state index in [1.807, 2.05) is 0 Å². The van der Waals surface area contributed by atoms with Crippen LogP contribution in [-0.4, -0.2) is 12.6 Å². The Hall–Kier alpha value is -1.31. The van der Waals surface area contributed by atoms with Crippen molar-refractivity contribution in [1.82, 2.24) is 0 Å². The zero-order valence-corrected chi connectivity index (χ0v) is 25.4. The molecular weight excluding hydrogens is 476 g/mol. The summed E-state index contributed by atoms with van der Waals surface area (Å²) in [4.78, 5) is 11.2. The van der Waals surface area contributed by atoms with Crippen LogP contribution in [0.1, 0.15) is 154 Å². The highest BCUT2D eigenvalue weighted by molar-refractivity contribution is 5.37. The van der Waals surface area contributed by atoms with Gasteiger partial charge in [0.15, 0.2) is 0 Å². The summed E-state index contributed by atoms with van der Waals surface area (Å²) >= 11 is 0. The molecule has 0 aromatic heterocycles. The van der Waals surface area contributed by atoms with Crippen molar-refractivity contribution in [1.29, 1.82) is 0 Å². The van der Waals surface area contributed by atoms with E-state index in [1.165, 1.54) is 116 Å². The fourth-order valence-electron chi connectivity index (χ4n) is 10.5. The number of ether oxygens (including phenoxy) is 1. The Morgan fingerprint density at radius 1 is 0.744 bits per heavy atom. The monoisotopic (exact) mass is 534 g/mol. The number of hydrogen-bond acceptors (Lipinski definition) is 2. The molecule has 2 nitrogen and oxygen atoms in total. The normalized spacial score (nSPS) is 36.1. The van der Waals surface area contributed by atoms with Gasteiger partial charge in [-0.15, -0.1) is 0 Å². The molecule has 218 valence electrons. The smallest absolute Gasteiger partial charge is 0.293 e. The minimum absolute atomic E-state index is 0.144. The van der Waals surface area contributed by atoms with Crippen LogP contribution < -0.4 is 0 Å². The molecule has 1 unspecified atom stereocenters. The van der Waals surface area contributed by atoms with Crippen molar-refractivity contribution in [2.24, 2.45) is 34.5 Å². The maximum absolute atomic E-state index is 11.2. The van der Waals surface area contributed by atoms with Crippen molar-refractivity contribution in [2.75, 3.05) is 0 Å². The minimum Gasteiger partial charge on any atom is -0.465 e. The van der Waals surface area contributed by atoms with Crippen molar-refractivity contribution in [3.05, 3.63) is 35.9 Å². The van der Waals surface area contributed by atoms with E-state index in [2.05, 4.69) is 44.2 Å². The molecule has 2 heteroatoms. The van der Waals surface area contributed by atoms with E-state index in [0.717, 1.165) is 36.5 Å². The molecule has 0 radical (unpaired) electrons. The van der Waals surface area contributed by atoms with Gasteiger partial charge in [0.25, 0.3) is 6.47 Å². The van der Waals surface area contributed by atoms with Crippen LogP contribution in [0.4, 0.5) is 0 Å². The van der Waals surface area contributed by atoms with E-state index >= 15 is 0 Å². The molecule has 4 aliphatic carbocycles. The van der Waals surface area contributed by atoms with Gasteiger partial charge in [0.2, 0.25) is 0 Å². The fourth-order valence-corrected chi connectivity index (χ4v) is 10.5. The average molecular weight is 535 g/mol. The number of hydrogen-bond donors (Lipinski definition) is 0. The number of carbonyl (C=O) groups excluding carboxylic acids is 1. The molecule has 0 saturated heterocycles. The fraction of sp³-hybridized carbons (Fsp3) is 0.811. The molecule has 1 aromatic carbocycles. The van der Waals surface area contributed by atoms with Gasteiger partial charge in [0.05, 0.1) is 0 Å². The van der Waals surface area contributed by atoms with Crippen LogP contribution in [0.5, 0.6) is 0 Å². The third-order valence-electron chi connectivity index (χ3n) is 13.0. The van der Waals surface area contributed by atoms with Gasteiger partial charge in [-0.3, -0.25) is 4.79 Å². The Balaban J connectivity index is 1.49. The zero-order valence-electron chi connectivity index (χ0n) is 25.4. The van der Waals surface area contributed by atoms with Crippen molar-refractivity contribution in [3.63, 3.8) is 0 Å². The molecule has 1 aromatic rings. The largest absolute Gasteiger partial charge is 0.465 e. The molecule has 0 heterocycles. The predicted octanol–water partition coefficient (Wildman–Crippen LogP) is 10.6. The second-order valence-electron chi connectivity index (χ2n) is 14.5. The molecule has 0 N–H and O–H groups in total. The summed E-state index contributed by atoms with van der Waals surface area (Å²) in [7, 11) is 0. The lowest BCUT2D eigenvalue weighted by molar-refractivity contribution is -0.137. The number of carbonyl (C=O) groups is 1. The summed E-state index contributed by atoms with van der Waals surface area (Å²) in [6, 6.07) is 11.9. The first kappa shape index (κ1) is 29.2. The molecule has 0 spiro atoms. The van der Waals surface area contributed by atoms with Gasteiger partial charge < -0.3 is 4.74 Å². The molecule has 4 aliphatic rings. The lowest BCUT2D eigenvalue weighted by Gasteiger charge is -2.56. The van der Waals surface area contributed by atoms with Crippen LogP contribution in [0.25, 0.3) is 0 Å². The lowest BCUT2D eigenvalue weighted by Crippen LogP contribution is -2.46. The predicted molar refractivity (Wildman–Crippen MR) is 163 cm³/mol. The SMILES string of the molecule is CCC1CCC(C2(CC(c3ccccc3)C3(C4CCC(CC)CC4)CCCCC3)CCC(OC=O)CC2)CC1. The summed E-state index contributed by atoms with van der Waals surface area (Å²) in [6.45, 7) is 5.52. The second-order valence-corrected chi connectivity index (χ2v) is 14.5. The summed E-state index contributed by atoms with van der Waals surface area (Å²) in [5, 5.41) is 0. The van der Waals surface area contributed by atoms with Crippen LogP contribution >= 0.6 is 0 Å². The highest BCUT2D eigenvalue weighted by atomic mass is 16.5. The van der Waals surface area contributed by atoms with E-state index in [4.69, 9.17) is 4.74 Å². The molecule has 0 amide bonds. The maximum atomic E-state index is 11.2. The first-order chi connectivity index (χ1) is 19.1. The molecule has 0 bridgehead atoms. The molecule has 5 rings (SSSR count). The van der Waals surface area contributed by atoms with E-state index in [-0.39, 0.29) is 6.10 Å². The maximum Gasteiger partial charge on any atom is 0.293 e. The van der Waals surface area contributed by atoms with Gasteiger partial charge in [0.1, 0.15) is 6.10 Å². The van der Waals surface area contributed by atoms with Crippen molar-refractivity contribution >= 4 is 6.47 Å². The molecular formula is C37H58O2. The van der Waals surface area contributed by atoms with E-state index in [9.17, 15) is 4.79 Å². The van der Waals surface area contributed by atoms with Gasteiger partial charge in [-0.05, 0) is 117 Å². The summed E-state index contributed by atoms with van der Waals surface area (Å²) < 4.78 is 5.56. The Bertz CT molecular complexity index is 847. The van der Waals surface area contributed by atoms with E-state index in [1.54, 1.807) is 5.56 Å². The topological polar surface area (TPSA) is 26.3 Å². The highest BCUT2D eigenvalue weighted by Gasteiger charge is 2.52. The van der Waals surface area contributed by atoms with Crippen molar-refractivity contribution in [2.45, 2.75) is 154 Å². The Morgan fingerprint density at radius 2 is 1.31 bits per heavy atom. The van der Waals surface area contributed by atoms with E-state index in [0.29, 0.717) is 23.2 Å². The first-order valence-electron chi connectivity index (χ1n) is 17.3. The number of benzene rings is 1. The standard InChI is InChI=1S/C37H58O2/c1-3-29-13-17-32(18-14-29)36(25-21-34(22-26-36)39-28-38)27-35(31-11-7-5-8-12-31)37(23-9-6-10-24-37)33-19-15-30(4-2)16-20-33/h5,7-8,11-12,28-30,32-35H,3-4,6,9-10,13-27H2,1-2H3. The van der Waals surface area contributed by atoms with Crippen LogP contribution in [0.2, 0.25) is 0 Å². The molecule has 39 heavy (non-hydrogen) atoms. The van der Waals surface area contributed by atoms with Gasteiger partial charge in [-0.1, -0.05) is 102 Å². The van der Waals surface area contributed by atoms with Crippen molar-refractivity contribution < 1.29 is 9.53 Å². The van der Waals surface area contributed by atoms with Crippen LogP contribution in [0, 0.1) is 34.5 Å². The van der Waals surface area contributed by atoms with Crippen molar-refractivity contribution in [3.8, 4) is 0 Å². The van der Waals surface area contributed by atoms with Crippen LogP contribution in [0.3, 0.4) is 0 Å². The minimum atomic E-state index is 0.144. The third kappa shape index (κ3) is 6.46. The molecule has 0 aliphatic heterocycles. The zero-order chi connectivity index (χ0) is 27.1. The molecule has 4 saturated carbocycles. The van der Waals surface area contributed by atoms with Crippen LogP contribution in [-0.2, 0) is 9.53 Å². The summed E-state index contributed by atoms with van der Waals surface area (Å²) in [6.07, 6.45) is 27.7. The lowest BCUT2D eigenvalue weighted by atomic mass is 9.49. The molecule has 4 fully saturated rings.